The molecule has 0 unspecified atom stereocenters. The molecule has 0 aliphatic carbocycles. The highest BCUT2D eigenvalue weighted by Crippen LogP contribution is 2.45. The molecular weight excluding hydrogens is 352 g/mol. The lowest BCUT2D eigenvalue weighted by molar-refractivity contribution is -0.393. The normalized spacial score (nSPS) is 13.0. The summed E-state index contributed by atoms with van der Waals surface area (Å²) in [5, 5.41) is 14.9. The average molecular weight is 355 g/mol. The third kappa shape index (κ3) is 3.94. The number of nitro groups is 1. The highest BCUT2D eigenvalue weighted by atomic mass is 32.2. The van der Waals surface area contributed by atoms with Crippen LogP contribution in [0.2, 0.25) is 0 Å². The van der Waals surface area contributed by atoms with Crippen LogP contribution in [0.5, 0.6) is 5.75 Å². The molecule has 0 radical (unpaired) electrons. The monoisotopic (exact) mass is 355 g/mol. The molecule has 1 aromatic rings. The zero-order chi connectivity index (χ0) is 17.5. The number of alkyl halides is 6. The van der Waals surface area contributed by atoms with E-state index < -0.39 is 49.5 Å². The number of hydrogen-bond acceptors (Lipinski definition) is 6. The molecule has 1 heterocycles. The zero-order valence-corrected chi connectivity index (χ0v) is 10.6. The van der Waals surface area contributed by atoms with Crippen LogP contribution < -0.4 is 9.88 Å². The molecule has 0 saturated heterocycles. The van der Waals surface area contributed by atoms with E-state index in [0.29, 0.717) is 0 Å². The van der Waals surface area contributed by atoms with Crippen molar-refractivity contribution in [3.05, 3.63) is 21.9 Å². The zero-order valence-electron chi connectivity index (χ0n) is 9.77. The Hall–Kier alpha value is -2.16. The Bertz CT molecular complexity index is 713. The van der Waals surface area contributed by atoms with Crippen LogP contribution in [0.3, 0.4) is 0 Å². The average Bonchev–Trinajstić information content (AvgIpc) is 2.22. The molecule has 0 aromatic carbocycles. The first-order valence-corrected chi connectivity index (χ1v) is 6.22. The third-order valence-electron chi connectivity index (χ3n) is 1.96. The molecule has 0 atom stereocenters. The minimum Gasteiger partial charge on any atom is -0.396 e. The molecule has 124 valence electrons. The van der Waals surface area contributed by atoms with E-state index in [0.717, 1.165) is 0 Å². The van der Waals surface area contributed by atoms with Crippen LogP contribution in [0.15, 0.2) is 11.1 Å². The molecule has 15 heteroatoms. The van der Waals surface area contributed by atoms with Crippen molar-refractivity contribution in [2.45, 2.75) is 17.4 Å². The van der Waals surface area contributed by atoms with Crippen LogP contribution in [-0.2, 0) is 16.2 Å². The number of ether oxygens (including phenoxy) is 1. The highest BCUT2D eigenvalue weighted by Gasteiger charge is 2.48. The lowest BCUT2D eigenvalue weighted by Gasteiger charge is -2.16. The van der Waals surface area contributed by atoms with Crippen LogP contribution >= 0.6 is 0 Å². The van der Waals surface area contributed by atoms with Gasteiger partial charge < -0.3 is 14.9 Å². The lowest BCUT2D eigenvalue weighted by Crippen LogP contribution is -2.25. The van der Waals surface area contributed by atoms with Crippen molar-refractivity contribution < 1.29 is 44.4 Å². The van der Waals surface area contributed by atoms with Crippen LogP contribution in [0, 0.1) is 10.1 Å². The first-order valence-electron chi connectivity index (χ1n) is 4.67. The van der Waals surface area contributed by atoms with Gasteiger partial charge in [-0.1, -0.05) is 0 Å². The summed E-state index contributed by atoms with van der Waals surface area (Å²) < 4.78 is 100. The van der Waals surface area contributed by atoms with Gasteiger partial charge in [-0.15, -0.1) is 13.2 Å². The molecule has 0 amide bonds. The number of hydrogen-bond donors (Lipinski definition) is 1. The molecule has 0 fully saturated rings. The second-order valence-electron chi connectivity index (χ2n) is 3.50. The first-order chi connectivity index (χ1) is 9.64. The molecule has 1 rings (SSSR count). The van der Waals surface area contributed by atoms with Gasteiger partial charge >= 0.3 is 18.4 Å². The molecule has 2 N–H and O–H groups in total. The molecule has 0 bridgehead atoms. The Kier molecular flexibility index (Phi) is 4.26. The van der Waals surface area contributed by atoms with Gasteiger partial charge in [-0.05, 0) is 9.91 Å². The van der Waals surface area contributed by atoms with Crippen LogP contribution in [-0.4, -0.2) is 24.7 Å². The van der Waals surface area contributed by atoms with Crippen molar-refractivity contribution in [3.8, 4) is 5.75 Å². The van der Waals surface area contributed by atoms with Crippen LogP contribution in [0.4, 0.5) is 32.2 Å². The summed E-state index contributed by atoms with van der Waals surface area (Å²) in [6, 6.07) is 0. The van der Waals surface area contributed by atoms with Crippen molar-refractivity contribution in [2.24, 2.45) is 5.14 Å². The smallest absolute Gasteiger partial charge is 0.396 e. The largest absolute Gasteiger partial charge is 0.573 e. The van der Waals surface area contributed by atoms with Crippen LogP contribution in [0.1, 0.15) is 5.56 Å². The fraction of sp³-hybridized carbons (Fsp3) is 0.286. The number of halogens is 6. The molecule has 22 heavy (non-hydrogen) atoms. The second kappa shape index (κ2) is 5.24. The van der Waals surface area contributed by atoms with Crippen molar-refractivity contribution in [1.29, 1.82) is 0 Å². The number of rotatable bonds is 3. The van der Waals surface area contributed by atoms with E-state index in [2.05, 4.69) is 14.9 Å². The van der Waals surface area contributed by atoms with E-state index in [4.69, 9.17) is 0 Å². The number of pyridine rings is 1. The van der Waals surface area contributed by atoms with Crippen LogP contribution in [0.25, 0.3) is 0 Å². The van der Waals surface area contributed by atoms with E-state index >= 15 is 0 Å². The Balaban J connectivity index is 3.91. The summed E-state index contributed by atoms with van der Waals surface area (Å²) in [6.45, 7) is 0. The van der Waals surface area contributed by atoms with Crippen molar-refractivity contribution >= 4 is 15.8 Å². The van der Waals surface area contributed by atoms with Crippen molar-refractivity contribution in [3.63, 3.8) is 0 Å². The fourth-order valence-corrected chi connectivity index (χ4v) is 1.99. The quantitative estimate of drug-likeness (QED) is 0.498. The number of nitrogens with zero attached hydrogens (tertiary/aromatic N) is 2. The molecule has 8 nitrogen and oxygen atoms in total. The predicted molar refractivity (Wildman–Crippen MR) is 53.9 cm³/mol. The summed E-state index contributed by atoms with van der Waals surface area (Å²) in [4.78, 5) is 9.51. The second-order valence-corrected chi connectivity index (χ2v) is 5.03. The number of sulfonamides is 1. The maximum Gasteiger partial charge on any atom is 0.573 e. The summed E-state index contributed by atoms with van der Waals surface area (Å²) in [7, 11) is -5.19. The Morgan fingerprint density at radius 1 is 1.23 bits per heavy atom. The lowest BCUT2D eigenvalue weighted by atomic mass is 10.2. The van der Waals surface area contributed by atoms with Gasteiger partial charge in [0.1, 0.15) is 10.5 Å². The molecule has 1 aromatic heterocycles. The Morgan fingerprint density at radius 3 is 2.05 bits per heavy atom. The van der Waals surface area contributed by atoms with Gasteiger partial charge in [0.05, 0.1) is 0 Å². The highest BCUT2D eigenvalue weighted by molar-refractivity contribution is 7.89. The fourth-order valence-electron chi connectivity index (χ4n) is 1.29. The first kappa shape index (κ1) is 17.9. The van der Waals surface area contributed by atoms with E-state index in [1.54, 1.807) is 0 Å². The molecular formula is C7H3F6N3O5S. The molecule has 0 saturated carbocycles. The van der Waals surface area contributed by atoms with Gasteiger partial charge in [0.25, 0.3) is 0 Å². The Morgan fingerprint density at radius 2 is 1.73 bits per heavy atom. The number of nitrogens with two attached hydrogens (primary N) is 1. The Labute approximate surface area is 116 Å². The minimum atomic E-state index is -5.77. The molecule has 0 aliphatic heterocycles. The molecule has 0 aliphatic rings. The van der Waals surface area contributed by atoms with E-state index in [-0.39, 0.29) is 6.20 Å². The van der Waals surface area contributed by atoms with E-state index in [1.165, 1.54) is 0 Å². The van der Waals surface area contributed by atoms with Gasteiger partial charge in [0, 0.05) is 0 Å². The van der Waals surface area contributed by atoms with Gasteiger partial charge in [-0.3, -0.25) is 0 Å². The third-order valence-corrected chi connectivity index (χ3v) is 2.88. The van der Waals surface area contributed by atoms with Gasteiger partial charge in [-0.2, -0.15) is 13.2 Å². The van der Waals surface area contributed by atoms with Gasteiger partial charge in [0.2, 0.25) is 15.8 Å². The summed E-state index contributed by atoms with van der Waals surface area (Å²) in [6.07, 6.45) is -11.7. The predicted octanol–water partition coefficient (Wildman–Crippen LogP) is 1.55. The maximum atomic E-state index is 12.8. The van der Waals surface area contributed by atoms with Crippen molar-refractivity contribution in [2.75, 3.05) is 0 Å². The SMILES string of the molecule is NS(=O)(=O)c1cnc([N+](=O)[O-])c(OC(F)(F)F)c1C(F)(F)F. The standard InChI is InChI=1S/C7H3F6N3O5S/c8-6(9,10)3-2(22(14,19)20)1-15-5(16(17)18)4(3)21-7(11,12)13/h1H,(H2,14,19,20). The summed E-state index contributed by atoms with van der Waals surface area (Å²) in [5.74, 6) is -4.39. The van der Waals surface area contributed by atoms with Gasteiger partial charge in [0.15, 0.2) is 6.20 Å². The molecule has 0 spiro atoms. The summed E-state index contributed by atoms with van der Waals surface area (Å²) in [5.41, 5.74) is -2.57. The minimum absolute atomic E-state index is 0.181. The maximum absolute atomic E-state index is 12.8. The number of aromatic nitrogens is 1. The summed E-state index contributed by atoms with van der Waals surface area (Å²) >= 11 is 0. The van der Waals surface area contributed by atoms with Crippen molar-refractivity contribution in [1.82, 2.24) is 4.98 Å². The van der Waals surface area contributed by atoms with Gasteiger partial charge in [-0.25, -0.2) is 13.6 Å². The topological polar surface area (TPSA) is 125 Å². The van der Waals surface area contributed by atoms with E-state index in [1.807, 2.05) is 0 Å². The van der Waals surface area contributed by atoms with E-state index in [9.17, 15) is 44.9 Å². The number of primary sulfonamides is 1.